The van der Waals surface area contributed by atoms with Crippen LogP contribution in [-0.4, -0.2) is 16.5 Å². The Hall–Kier alpha value is -1.90. The van der Waals surface area contributed by atoms with Gasteiger partial charge >= 0.3 is 0 Å². The second kappa shape index (κ2) is 6.04. The highest BCUT2D eigenvalue weighted by Gasteiger charge is 2.08. The summed E-state index contributed by atoms with van der Waals surface area (Å²) in [4.78, 5) is 9.10. The minimum absolute atomic E-state index is 0.722. The van der Waals surface area contributed by atoms with Crippen LogP contribution in [0.1, 0.15) is 35.7 Å². The summed E-state index contributed by atoms with van der Waals surface area (Å²) in [5.41, 5.74) is 7.06. The van der Waals surface area contributed by atoms with Crippen LogP contribution in [0.4, 0.5) is 5.95 Å². The van der Waals surface area contributed by atoms with Gasteiger partial charge in [-0.3, -0.25) is 0 Å². The third kappa shape index (κ3) is 3.16. The predicted molar refractivity (Wildman–Crippen MR) is 85.2 cm³/mol. The van der Waals surface area contributed by atoms with Crippen molar-refractivity contribution in [1.82, 2.24) is 9.97 Å². The number of benzene rings is 1. The van der Waals surface area contributed by atoms with Gasteiger partial charge in [0.05, 0.1) is 5.69 Å². The number of rotatable bonds is 4. The molecule has 0 aliphatic rings. The molecule has 0 saturated heterocycles. The standard InChI is InChI=1S/C17H23N3/c1-6-7-18-17-19-14(5)10-16(20-17)15-9-12(3)11(2)8-13(15)4/h8-10H,6-7H2,1-5H3,(H,18,19,20). The molecule has 0 saturated carbocycles. The molecule has 0 aliphatic carbocycles. The molecule has 106 valence electrons. The molecular weight excluding hydrogens is 246 g/mol. The topological polar surface area (TPSA) is 37.8 Å². The average Bonchev–Trinajstić information content (AvgIpc) is 2.40. The first kappa shape index (κ1) is 14.5. The molecular formula is C17H23N3. The van der Waals surface area contributed by atoms with E-state index in [1.54, 1.807) is 0 Å². The number of aryl methyl sites for hydroxylation is 4. The van der Waals surface area contributed by atoms with Crippen molar-refractivity contribution >= 4 is 5.95 Å². The lowest BCUT2D eigenvalue weighted by Gasteiger charge is -2.12. The van der Waals surface area contributed by atoms with Crippen molar-refractivity contribution in [2.75, 3.05) is 11.9 Å². The largest absolute Gasteiger partial charge is 0.354 e. The lowest BCUT2D eigenvalue weighted by molar-refractivity contribution is 0.947. The van der Waals surface area contributed by atoms with Crippen LogP contribution in [0.15, 0.2) is 18.2 Å². The van der Waals surface area contributed by atoms with Crippen LogP contribution in [-0.2, 0) is 0 Å². The minimum atomic E-state index is 0.722. The summed E-state index contributed by atoms with van der Waals surface area (Å²) >= 11 is 0. The monoisotopic (exact) mass is 269 g/mol. The molecule has 0 amide bonds. The molecule has 2 aromatic rings. The Balaban J connectivity index is 2.47. The third-order valence-electron chi connectivity index (χ3n) is 3.50. The minimum Gasteiger partial charge on any atom is -0.354 e. The van der Waals surface area contributed by atoms with Crippen LogP contribution in [0.5, 0.6) is 0 Å². The summed E-state index contributed by atoms with van der Waals surface area (Å²) in [7, 11) is 0. The second-order valence-corrected chi connectivity index (χ2v) is 5.40. The van der Waals surface area contributed by atoms with Crippen LogP contribution < -0.4 is 5.32 Å². The summed E-state index contributed by atoms with van der Waals surface area (Å²) in [6, 6.07) is 6.49. The molecule has 0 bridgehead atoms. The van der Waals surface area contributed by atoms with Gasteiger partial charge in [-0.05, 0) is 62.9 Å². The molecule has 1 N–H and O–H groups in total. The van der Waals surface area contributed by atoms with Gasteiger partial charge in [-0.1, -0.05) is 13.0 Å². The Morgan fingerprint density at radius 1 is 0.900 bits per heavy atom. The molecule has 1 aromatic carbocycles. The number of aromatic nitrogens is 2. The molecule has 0 fully saturated rings. The fraction of sp³-hybridized carbons (Fsp3) is 0.412. The van der Waals surface area contributed by atoms with Gasteiger partial charge in [-0.15, -0.1) is 0 Å². The molecule has 3 heteroatoms. The number of anilines is 1. The quantitative estimate of drug-likeness (QED) is 0.904. The fourth-order valence-electron chi connectivity index (χ4n) is 2.26. The fourth-order valence-corrected chi connectivity index (χ4v) is 2.26. The van der Waals surface area contributed by atoms with E-state index in [0.29, 0.717) is 0 Å². The van der Waals surface area contributed by atoms with Gasteiger partial charge in [0.15, 0.2) is 0 Å². The van der Waals surface area contributed by atoms with Crippen LogP contribution in [0, 0.1) is 27.7 Å². The number of hydrogen-bond acceptors (Lipinski definition) is 3. The Bertz CT molecular complexity index is 618. The molecule has 1 aromatic heterocycles. The highest BCUT2D eigenvalue weighted by atomic mass is 15.1. The Kier molecular flexibility index (Phi) is 4.38. The van der Waals surface area contributed by atoms with Crippen molar-refractivity contribution in [3.8, 4) is 11.3 Å². The van der Waals surface area contributed by atoms with E-state index in [1.807, 2.05) is 13.0 Å². The zero-order valence-corrected chi connectivity index (χ0v) is 13.0. The Labute approximate surface area is 121 Å². The zero-order chi connectivity index (χ0) is 14.7. The molecule has 0 unspecified atom stereocenters. The molecule has 20 heavy (non-hydrogen) atoms. The van der Waals surface area contributed by atoms with Crippen LogP contribution in [0.2, 0.25) is 0 Å². The maximum absolute atomic E-state index is 4.65. The van der Waals surface area contributed by atoms with Gasteiger partial charge in [0.1, 0.15) is 0 Å². The van der Waals surface area contributed by atoms with E-state index in [-0.39, 0.29) is 0 Å². The maximum Gasteiger partial charge on any atom is 0.223 e. The summed E-state index contributed by atoms with van der Waals surface area (Å²) in [6.45, 7) is 11.5. The normalized spacial score (nSPS) is 10.7. The van der Waals surface area contributed by atoms with Gasteiger partial charge in [0, 0.05) is 17.8 Å². The van der Waals surface area contributed by atoms with Gasteiger partial charge in [-0.2, -0.15) is 0 Å². The molecule has 0 aliphatic heterocycles. The first-order chi connectivity index (χ1) is 9.51. The summed E-state index contributed by atoms with van der Waals surface area (Å²) < 4.78 is 0. The van der Waals surface area contributed by atoms with Gasteiger partial charge in [0.2, 0.25) is 5.95 Å². The van der Waals surface area contributed by atoms with Crippen LogP contribution in [0.3, 0.4) is 0 Å². The van der Waals surface area contributed by atoms with E-state index in [1.165, 1.54) is 22.3 Å². The van der Waals surface area contributed by atoms with Gasteiger partial charge < -0.3 is 5.32 Å². The maximum atomic E-state index is 4.65. The second-order valence-electron chi connectivity index (χ2n) is 5.40. The number of nitrogens with zero attached hydrogens (tertiary/aromatic N) is 2. The summed E-state index contributed by atoms with van der Waals surface area (Å²) in [5, 5.41) is 3.27. The lowest BCUT2D eigenvalue weighted by Crippen LogP contribution is -2.06. The summed E-state index contributed by atoms with van der Waals surface area (Å²) in [6.07, 6.45) is 1.06. The zero-order valence-electron chi connectivity index (χ0n) is 13.0. The Morgan fingerprint density at radius 3 is 2.30 bits per heavy atom. The van der Waals surface area contributed by atoms with E-state index >= 15 is 0 Å². The molecule has 1 heterocycles. The smallest absolute Gasteiger partial charge is 0.223 e. The molecule has 0 spiro atoms. The first-order valence-electron chi connectivity index (χ1n) is 7.19. The van der Waals surface area contributed by atoms with E-state index in [0.717, 1.165) is 30.3 Å². The highest BCUT2D eigenvalue weighted by molar-refractivity contribution is 5.66. The predicted octanol–water partition coefficient (Wildman–Crippen LogP) is 4.20. The van der Waals surface area contributed by atoms with Crippen molar-refractivity contribution < 1.29 is 0 Å². The van der Waals surface area contributed by atoms with Gasteiger partial charge in [0.25, 0.3) is 0 Å². The number of nitrogens with one attached hydrogen (secondary N) is 1. The Morgan fingerprint density at radius 2 is 1.60 bits per heavy atom. The van der Waals surface area contributed by atoms with Crippen LogP contribution >= 0.6 is 0 Å². The van der Waals surface area contributed by atoms with E-state index in [4.69, 9.17) is 0 Å². The third-order valence-corrected chi connectivity index (χ3v) is 3.50. The number of hydrogen-bond donors (Lipinski definition) is 1. The van der Waals surface area contributed by atoms with E-state index < -0.39 is 0 Å². The van der Waals surface area contributed by atoms with Crippen molar-refractivity contribution in [3.05, 3.63) is 40.6 Å². The molecule has 3 nitrogen and oxygen atoms in total. The first-order valence-corrected chi connectivity index (χ1v) is 7.19. The van der Waals surface area contributed by atoms with E-state index in [2.05, 4.69) is 55.1 Å². The summed E-state index contributed by atoms with van der Waals surface area (Å²) in [5.74, 6) is 0.722. The SMILES string of the molecule is CCCNc1nc(C)cc(-c2cc(C)c(C)cc2C)n1. The van der Waals surface area contributed by atoms with Crippen molar-refractivity contribution in [2.24, 2.45) is 0 Å². The lowest BCUT2D eigenvalue weighted by atomic mass is 9.98. The van der Waals surface area contributed by atoms with E-state index in [9.17, 15) is 0 Å². The highest BCUT2D eigenvalue weighted by Crippen LogP contribution is 2.26. The molecule has 2 rings (SSSR count). The van der Waals surface area contributed by atoms with Crippen molar-refractivity contribution in [3.63, 3.8) is 0 Å². The molecule has 0 atom stereocenters. The van der Waals surface area contributed by atoms with Crippen LogP contribution in [0.25, 0.3) is 11.3 Å². The van der Waals surface area contributed by atoms with Gasteiger partial charge in [-0.25, -0.2) is 9.97 Å². The average molecular weight is 269 g/mol. The molecule has 0 radical (unpaired) electrons. The van der Waals surface area contributed by atoms with Crippen molar-refractivity contribution in [2.45, 2.75) is 41.0 Å². The van der Waals surface area contributed by atoms with Crippen molar-refractivity contribution in [1.29, 1.82) is 0 Å².